The molecule has 0 saturated carbocycles. The van der Waals surface area contributed by atoms with Crippen molar-refractivity contribution in [2.75, 3.05) is 11.9 Å². The summed E-state index contributed by atoms with van der Waals surface area (Å²) in [5, 5.41) is 3.50. The molecule has 0 saturated heterocycles. The second-order valence-corrected chi connectivity index (χ2v) is 4.89. The highest BCUT2D eigenvalue weighted by Crippen LogP contribution is 2.38. The van der Waals surface area contributed by atoms with Crippen molar-refractivity contribution in [1.82, 2.24) is 0 Å². The lowest BCUT2D eigenvalue weighted by Crippen LogP contribution is -2.23. The van der Waals surface area contributed by atoms with E-state index in [0.29, 0.717) is 6.61 Å². The van der Waals surface area contributed by atoms with E-state index in [1.165, 1.54) is 5.56 Å². The van der Waals surface area contributed by atoms with Crippen molar-refractivity contribution in [3.8, 4) is 5.75 Å². The minimum Gasteiger partial charge on any atom is -0.488 e. The number of anilines is 1. The van der Waals surface area contributed by atoms with Gasteiger partial charge in [0.2, 0.25) is 0 Å². The molecule has 1 atom stereocenters. The zero-order valence-corrected chi connectivity index (χ0v) is 10.8. The first kappa shape index (κ1) is 10.7. The Bertz CT molecular complexity index is 527. The lowest BCUT2D eigenvalue weighted by Gasteiger charge is -2.28. The summed E-state index contributed by atoms with van der Waals surface area (Å²) in [4.78, 5) is 0. The Morgan fingerprint density at radius 1 is 1.06 bits per heavy atom. The molecule has 3 rings (SSSR count). The Morgan fingerprint density at radius 3 is 2.71 bits per heavy atom. The standard InChI is InChI=1S/C14H12BrNO/c15-11-7-4-8-12-14(11)17-9-13(16-12)10-5-2-1-3-6-10/h1-8,13,16H,9H2. The maximum Gasteiger partial charge on any atom is 0.156 e. The predicted octanol–water partition coefficient (Wildman–Crippen LogP) is 3.99. The van der Waals surface area contributed by atoms with Gasteiger partial charge in [0.15, 0.2) is 5.75 Å². The molecule has 0 aromatic heterocycles. The van der Waals surface area contributed by atoms with Gasteiger partial charge in [0.05, 0.1) is 16.2 Å². The molecule has 0 radical (unpaired) electrons. The minimum atomic E-state index is 0.220. The summed E-state index contributed by atoms with van der Waals surface area (Å²) in [6, 6.07) is 16.6. The molecule has 1 heterocycles. The molecule has 0 spiro atoms. The third-order valence-electron chi connectivity index (χ3n) is 2.89. The van der Waals surface area contributed by atoms with Crippen molar-refractivity contribution in [3.05, 3.63) is 58.6 Å². The normalized spacial score (nSPS) is 17.8. The van der Waals surface area contributed by atoms with Crippen LogP contribution in [0.5, 0.6) is 5.75 Å². The molecule has 17 heavy (non-hydrogen) atoms. The van der Waals surface area contributed by atoms with Crippen LogP contribution in [0.15, 0.2) is 53.0 Å². The number of halogens is 1. The zero-order chi connectivity index (χ0) is 11.7. The van der Waals surface area contributed by atoms with E-state index in [9.17, 15) is 0 Å². The molecule has 86 valence electrons. The maximum atomic E-state index is 5.81. The van der Waals surface area contributed by atoms with Crippen molar-refractivity contribution >= 4 is 21.6 Å². The summed E-state index contributed by atoms with van der Waals surface area (Å²) in [5.41, 5.74) is 2.29. The van der Waals surface area contributed by atoms with Crippen LogP contribution in [-0.4, -0.2) is 6.61 Å². The molecule has 2 aromatic rings. The number of benzene rings is 2. The molecule has 1 unspecified atom stereocenters. The fourth-order valence-corrected chi connectivity index (χ4v) is 2.51. The number of rotatable bonds is 1. The Kier molecular flexibility index (Phi) is 2.77. The first-order chi connectivity index (χ1) is 8.34. The Morgan fingerprint density at radius 2 is 1.88 bits per heavy atom. The van der Waals surface area contributed by atoms with E-state index in [2.05, 4.69) is 33.4 Å². The van der Waals surface area contributed by atoms with Crippen LogP contribution in [-0.2, 0) is 0 Å². The number of hydrogen-bond donors (Lipinski definition) is 1. The van der Waals surface area contributed by atoms with Gasteiger partial charge in [-0.1, -0.05) is 36.4 Å². The van der Waals surface area contributed by atoms with Gasteiger partial charge in [-0.3, -0.25) is 0 Å². The fraction of sp³-hybridized carbons (Fsp3) is 0.143. The molecule has 3 heteroatoms. The van der Waals surface area contributed by atoms with Crippen LogP contribution >= 0.6 is 15.9 Å². The van der Waals surface area contributed by atoms with Gasteiger partial charge in [-0.25, -0.2) is 0 Å². The summed E-state index contributed by atoms with van der Waals surface area (Å²) in [5.74, 6) is 0.902. The lowest BCUT2D eigenvalue weighted by atomic mass is 10.1. The largest absolute Gasteiger partial charge is 0.488 e. The SMILES string of the molecule is Brc1cccc2c1OCC(c1ccccc1)N2. The zero-order valence-electron chi connectivity index (χ0n) is 9.19. The van der Waals surface area contributed by atoms with Crippen LogP contribution in [0.1, 0.15) is 11.6 Å². The molecule has 2 nitrogen and oxygen atoms in total. The highest BCUT2D eigenvalue weighted by atomic mass is 79.9. The van der Waals surface area contributed by atoms with Gasteiger partial charge in [0.1, 0.15) is 6.61 Å². The minimum absolute atomic E-state index is 0.220. The van der Waals surface area contributed by atoms with Crippen molar-refractivity contribution in [3.63, 3.8) is 0 Å². The van der Waals surface area contributed by atoms with E-state index in [4.69, 9.17) is 4.74 Å². The van der Waals surface area contributed by atoms with Gasteiger partial charge < -0.3 is 10.1 Å². The van der Waals surface area contributed by atoms with Crippen molar-refractivity contribution in [2.45, 2.75) is 6.04 Å². The molecule has 1 aliphatic heterocycles. The smallest absolute Gasteiger partial charge is 0.156 e. The van der Waals surface area contributed by atoms with Gasteiger partial charge in [-0.15, -0.1) is 0 Å². The van der Waals surface area contributed by atoms with Crippen LogP contribution in [0.3, 0.4) is 0 Å². The number of ether oxygens (including phenoxy) is 1. The molecule has 1 aliphatic rings. The van der Waals surface area contributed by atoms with Crippen molar-refractivity contribution < 1.29 is 4.74 Å². The van der Waals surface area contributed by atoms with Crippen LogP contribution in [0, 0.1) is 0 Å². The van der Waals surface area contributed by atoms with E-state index < -0.39 is 0 Å². The highest BCUT2D eigenvalue weighted by Gasteiger charge is 2.21. The molecular formula is C14H12BrNO. The molecule has 0 fully saturated rings. The van der Waals surface area contributed by atoms with E-state index in [1.807, 2.05) is 36.4 Å². The van der Waals surface area contributed by atoms with Crippen LogP contribution in [0.4, 0.5) is 5.69 Å². The molecule has 0 bridgehead atoms. The first-order valence-corrected chi connectivity index (χ1v) is 6.37. The van der Waals surface area contributed by atoms with Gasteiger partial charge in [0, 0.05) is 0 Å². The third-order valence-corrected chi connectivity index (χ3v) is 3.52. The average molecular weight is 290 g/mol. The quantitative estimate of drug-likeness (QED) is 0.857. The van der Waals surface area contributed by atoms with E-state index >= 15 is 0 Å². The van der Waals surface area contributed by atoms with Crippen LogP contribution in [0.25, 0.3) is 0 Å². The van der Waals surface area contributed by atoms with Crippen molar-refractivity contribution in [1.29, 1.82) is 0 Å². The van der Waals surface area contributed by atoms with Gasteiger partial charge in [0.25, 0.3) is 0 Å². The predicted molar refractivity (Wildman–Crippen MR) is 72.4 cm³/mol. The van der Waals surface area contributed by atoms with E-state index in [0.717, 1.165) is 15.9 Å². The molecular weight excluding hydrogens is 278 g/mol. The average Bonchev–Trinajstić information content (AvgIpc) is 2.40. The summed E-state index contributed by atoms with van der Waals surface area (Å²) < 4.78 is 6.81. The third kappa shape index (κ3) is 2.03. The number of hydrogen-bond acceptors (Lipinski definition) is 2. The summed E-state index contributed by atoms with van der Waals surface area (Å²) in [6.45, 7) is 0.652. The Hall–Kier alpha value is -1.48. The fourth-order valence-electron chi connectivity index (χ4n) is 2.03. The highest BCUT2D eigenvalue weighted by molar-refractivity contribution is 9.10. The van der Waals surface area contributed by atoms with Crippen LogP contribution < -0.4 is 10.1 Å². The topological polar surface area (TPSA) is 21.3 Å². The Labute approximate surface area is 109 Å². The van der Waals surface area contributed by atoms with Gasteiger partial charge in [-0.2, -0.15) is 0 Å². The van der Waals surface area contributed by atoms with Gasteiger partial charge >= 0.3 is 0 Å². The monoisotopic (exact) mass is 289 g/mol. The van der Waals surface area contributed by atoms with Crippen molar-refractivity contribution in [2.24, 2.45) is 0 Å². The van der Waals surface area contributed by atoms with E-state index in [1.54, 1.807) is 0 Å². The summed E-state index contributed by atoms with van der Waals surface area (Å²) in [7, 11) is 0. The molecule has 1 N–H and O–H groups in total. The summed E-state index contributed by atoms with van der Waals surface area (Å²) in [6.07, 6.45) is 0. The molecule has 2 aromatic carbocycles. The molecule has 0 amide bonds. The maximum absolute atomic E-state index is 5.81. The summed E-state index contributed by atoms with van der Waals surface area (Å²) >= 11 is 3.49. The first-order valence-electron chi connectivity index (χ1n) is 5.57. The van der Waals surface area contributed by atoms with Crippen LogP contribution in [0.2, 0.25) is 0 Å². The lowest BCUT2D eigenvalue weighted by molar-refractivity contribution is 0.284. The second kappa shape index (κ2) is 4.41. The van der Waals surface area contributed by atoms with Gasteiger partial charge in [-0.05, 0) is 33.6 Å². The molecule has 0 aliphatic carbocycles. The number of nitrogens with one attached hydrogen (secondary N) is 1. The Balaban J connectivity index is 1.91. The van der Waals surface area contributed by atoms with E-state index in [-0.39, 0.29) is 6.04 Å². The second-order valence-electron chi connectivity index (χ2n) is 4.04. The number of fused-ring (bicyclic) bond motifs is 1. The number of para-hydroxylation sites is 1.